The molecule has 0 unspecified atom stereocenters. The van der Waals surface area contributed by atoms with Crippen LogP contribution in [0.4, 0.5) is 0 Å². The quantitative estimate of drug-likeness (QED) is 0.764. The second kappa shape index (κ2) is 8.79. The third-order valence-corrected chi connectivity index (χ3v) is 3.72. The van der Waals surface area contributed by atoms with E-state index in [2.05, 4.69) is 5.32 Å². The van der Waals surface area contributed by atoms with Crippen molar-refractivity contribution < 1.29 is 19.4 Å². The van der Waals surface area contributed by atoms with Crippen LogP contribution in [0.1, 0.15) is 12.0 Å². The summed E-state index contributed by atoms with van der Waals surface area (Å²) >= 11 is 7.43. The number of benzene rings is 1. The van der Waals surface area contributed by atoms with Gasteiger partial charge in [0.2, 0.25) is 5.91 Å². The molecule has 0 heterocycles. The molecule has 0 spiro atoms. The highest BCUT2D eigenvalue weighted by Crippen LogP contribution is 2.23. The number of rotatable bonds is 8. The molecule has 7 heteroatoms. The second-order valence-electron chi connectivity index (χ2n) is 4.37. The van der Waals surface area contributed by atoms with Gasteiger partial charge < -0.3 is 15.2 Å². The molecule has 1 atom stereocenters. The van der Waals surface area contributed by atoms with E-state index < -0.39 is 12.0 Å². The maximum absolute atomic E-state index is 12.0. The van der Waals surface area contributed by atoms with Gasteiger partial charge in [0, 0.05) is 10.6 Å². The molecular formula is C14H18ClNO4S. The number of nitrogens with one attached hydrogen (secondary N) is 1. The summed E-state index contributed by atoms with van der Waals surface area (Å²) < 4.78 is 5.16. The molecule has 21 heavy (non-hydrogen) atoms. The van der Waals surface area contributed by atoms with E-state index >= 15 is 0 Å². The molecule has 0 radical (unpaired) electrons. The second-order valence-corrected chi connectivity index (χ2v) is 5.79. The third kappa shape index (κ3) is 5.85. The molecule has 1 amide bonds. The standard InChI is InChI=1S/C14H18ClNO4S/c1-20-12-4-3-10(15)7-9(12)8-13(17)16-11(14(18)19)5-6-21-2/h3-4,7,11H,5-6,8H2,1-2H3,(H,16,17)(H,18,19)/t11-/m1/s1. The van der Waals surface area contributed by atoms with Crippen molar-refractivity contribution in [2.24, 2.45) is 0 Å². The van der Waals surface area contributed by atoms with Gasteiger partial charge in [-0.1, -0.05) is 11.6 Å². The lowest BCUT2D eigenvalue weighted by Gasteiger charge is -2.15. The summed E-state index contributed by atoms with van der Waals surface area (Å²) in [5.74, 6) is -0.192. The highest BCUT2D eigenvalue weighted by atomic mass is 35.5. The minimum absolute atomic E-state index is 0.0206. The molecule has 0 bridgehead atoms. The summed E-state index contributed by atoms with van der Waals surface area (Å²) in [6, 6.07) is 4.10. The van der Waals surface area contributed by atoms with E-state index in [1.807, 2.05) is 6.26 Å². The number of carboxylic acids is 1. The number of carbonyl (C=O) groups is 2. The first-order valence-corrected chi connectivity index (χ1v) is 8.08. The maximum atomic E-state index is 12.0. The Hall–Kier alpha value is -1.40. The van der Waals surface area contributed by atoms with E-state index in [4.69, 9.17) is 21.4 Å². The highest BCUT2D eigenvalue weighted by molar-refractivity contribution is 7.98. The van der Waals surface area contributed by atoms with Gasteiger partial charge in [-0.2, -0.15) is 11.8 Å². The lowest BCUT2D eigenvalue weighted by Crippen LogP contribution is -2.41. The molecule has 0 aliphatic rings. The van der Waals surface area contributed by atoms with Crippen LogP contribution in [0.15, 0.2) is 18.2 Å². The first-order valence-electron chi connectivity index (χ1n) is 6.31. The first-order chi connectivity index (χ1) is 9.97. The molecule has 0 aromatic heterocycles. The van der Waals surface area contributed by atoms with Crippen LogP contribution in [0.5, 0.6) is 5.75 Å². The zero-order valence-electron chi connectivity index (χ0n) is 11.9. The molecule has 116 valence electrons. The predicted molar refractivity (Wildman–Crippen MR) is 84.3 cm³/mol. The van der Waals surface area contributed by atoms with Gasteiger partial charge in [-0.25, -0.2) is 4.79 Å². The topological polar surface area (TPSA) is 75.6 Å². The van der Waals surface area contributed by atoms with Gasteiger partial charge in [0.25, 0.3) is 0 Å². The number of hydrogen-bond donors (Lipinski definition) is 2. The molecule has 5 nitrogen and oxygen atoms in total. The van der Waals surface area contributed by atoms with Crippen LogP contribution in [0.25, 0.3) is 0 Å². The molecule has 0 aliphatic carbocycles. The number of thioether (sulfide) groups is 1. The molecule has 0 fully saturated rings. The van der Waals surface area contributed by atoms with E-state index in [0.717, 1.165) is 0 Å². The van der Waals surface area contributed by atoms with E-state index in [0.29, 0.717) is 28.5 Å². The Morgan fingerprint density at radius 3 is 2.76 bits per heavy atom. The summed E-state index contributed by atoms with van der Waals surface area (Å²) in [6.07, 6.45) is 2.29. The van der Waals surface area contributed by atoms with E-state index in [1.165, 1.54) is 18.9 Å². The number of carboxylic acid groups (broad SMARTS) is 1. The van der Waals surface area contributed by atoms with Crippen LogP contribution in [0, 0.1) is 0 Å². The smallest absolute Gasteiger partial charge is 0.326 e. The van der Waals surface area contributed by atoms with Crippen molar-refractivity contribution in [1.29, 1.82) is 0 Å². The molecule has 0 saturated heterocycles. The van der Waals surface area contributed by atoms with Crippen LogP contribution in [0.2, 0.25) is 5.02 Å². The number of ether oxygens (including phenoxy) is 1. The first kappa shape index (κ1) is 17.7. The summed E-state index contributed by atoms with van der Waals surface area (Å²) in [7, 11) is 1.50. The lowest BCUT2D eigenvalue weighted by molar-refractivity contribution is -0.141. The van der Waals surface area contributed by atoms with Crippen molar-refractivity contribution in [3.8, 4) is 5.75 Å². The molecular weight excluding hydrogens is 314 g/mol. The SMILES string of the molecule is COc1ccc(Cl)cc1CC(=O)N[C@H](CCSC)C(=O)O. The van der Waals surface area contributed by atoms with Crippen LogP contribution >= 0.6 is 23.4 Å². The van der Waals surface area contributed by atoms with Crippen molar-refractivity contribution in [3.05, 3.63) is 28.8 Å². The lowest BCUT2D eigenvalue weighted by atomic mass is 10.1. The van der Waals surface area contributed by atoms with E-state index in [1.54, 1.807) is 18.2 Å². The van der Waals surface area contributed by atoms with Gasteiger partial charge in [0.15, 0.2) is 0 Å². The van der Waals surface area contributed by atoms with Gasteiger partial charge >= 0.3 is 5.97 Å². The molecule has 2 N–H and O–H groups in total. The number of halogens is 1. The Morgan fingerprint density at radius 2 is 2.19 bits per heavy atom. The normalized spacial score (nSPS) is 11.8. The zero-order chi connectivity index (χ0) is 15.8. The van der Waals surface area contributed by atoms with E-state index in [9.17, 15) is 9.59 Å². The van der Waals surface area contributed by atoms with Gasteiger partial charge in [0.1, 0.15) is 11.8 Å². The Balaban J connectivity index is 2.71. The number of carbonyl (C=O) groups excluding carboxylic acids is 1. The largest absolute Gasteiger partial charge is 0.496 e. The van der Waals surface area contributed by atoms with Crippen molar-refractivity contribution in [3.63, 3.8) is 0 Å². The van der Waals surface area contributed by atoms with Crippen molar-refractivity contribution in [2.75, 3.05) is 19.1 Å². The van der Waals surface area contributed by atoms with Gasteiger partial charge in [0.05, 0.1) is 13.5 Å². The highest BCUT2D eigenvalue weighted by Gasteiger charge is 2.20. The maximum Gasteiger partial charge on any atom is 0.326 e. The fourth-order valence-corrected chi connectivity index (χ4v) is 2.46. The number of hydrogen-bond acceptors (Lipinski definition) is 4. The van der Waals surface area contributed by atoms with Crippen LogP contribution < -0.4 is 10.1 Å². The van der Waals surface area contributed by atoms with Crippen LogP contribution in [-0.2, 0) is 16.0 Å². The average Bonchev–Trinajstić information content (AvgIpc) is 2.43. The minimum atomic E-state index is -1.03. The third-order valence-electron chi connectivity index (χ3n) is 2.84. The van der Waals surface area contributed by atoms with E-state index in [-0.39, 0.29) is 12.3 Å². The number of amides is 1. The molecule has 0 aliphatic heterocycles. The van der Waals surface area contributed by atoms with Gasteiger partial charge in [-0.3, -0.25) is 4.79 Å². The minimum Gasteiger partial charge on any atom is -0.496 e. The Labute approximate surface area is 133 Å². The van der Waals surface area contributed by atoms with Crippen LogP contribution in [0.3, 0.4) is 0 Å². The monoisotopic (exact) mass is 331 g/mol. The van der Waals surface area contributed by atoms with Crippen molar-refractivity contribution in [1.82, 2.24) is 5.32 Å². The predicted octanol–water partition coefficient (Wildman–Crippen LogP) is 2.21. The zero-order valence-corrected chi connectivity index (χ0v) is 13.5. The fourth-order valence-electron chi connectivity index (χ4n) is 1.80. The molecule has 1 aromatic rings. The molecule has 1 aromatic carbocycles. The summed E-state index contributed by atoms with van der Waals surface area (Å²) in [5.41, 5.74) is 0.622. The average molecular weight is 332 g/mol. The Bertz CT molecular complexity index is 510. The number of aliphatic carboxylic acids is 1. The summed E-state index contributed by atoms with van der Waals surface area (Å²) in [6.45, 7) is 0. The van der Waals surface area contributed by atoms with Crippen LogP contribution in [-0.4, -0.2) is 42.1 Å². The number of methoxy groups -OCH3 is 1. The van der Waals surface area contributed by atoms with Gasteiger partial charge in [-0.15, -0.1) is 0 Å². The summed E-state index contributed by atoms with van der Waals surface area (Å²) in [5, 5.41) is 12.1. The Morgan fingerprint density at radius 1 is 1.48 bits per heavy atom. The summed E-state index contributed by atoms with van der Waals surface area (Å²) in [4.78, 5) is 23.1. The van der Waals surface area contributed by atoms with Crippen molar-refractivity contribution in [2.45, 2.75) is 18.9 Å². The molecule has 0 saturated carbocycles. The molecule has 1 rings (SSSR count). The van der Waals surface area contributed by atoms with Crippen molar-refractivity contribution >= 4 is 35.2 Å². The van der Waals surface area contributed by atoms with Gasteiger partial charge in [-0.05, 0) is 36.6 Å². The Kier molecular flexibility index (Phi) is 7.39. The fraction of sp³-hybridized carbons (Fsp3) is 0.429.